The molecule has 0 aliphatic carbocycles. The number of carbonyl (C=O) groups is 1. The van der Waals surface area contributed by atoms with Gasteiger partial charge in [0.2, 0.25) is 0 Å². The number of nitrogens with one attached hydrogen (secondary N) is 2. The number of aromatic amines is 1. The van der Waals surface area contributed by atoms with Gasteiger partial charge in [-0.25, -0.2) is 0 Å². The standard InChI is InChI=1S/C11H12N2O2/c1-4-5-12-10(14)9-6-7(2)8(3)13-11(9)15/h1,6H,5H2,2-3H3,(H,12,14)(H,13,15). The number of H-pyrrole nitrogens is 1. The number of carbonyl (C=O) groups excluding carboxylic acids is 1. The van der Waals surface area contributed by atoms with Crippen LogP contribution in [-0.2, 0) is 0 Å². The molecule has 0 bridgehead atoms. The van der Waals surface area contributed by atoms with Crippen molar-refractivity contribution in [3.8, 4) is 12.3 Å². The number of hydrogen-bond donors (Lipinski definition) is 2. The molecule has 1 heterocycles. The van der Waals surface area contributed by atoms with Gasteiger partial charge in [0.05, 0.1) is 6.54 Å². The number of terminal acetylenes is 1. The third-order valence-corrected chi connectivity index (χ3v) is 2.09. The highest BCUT2D eigenvalue weighted by Gasteiger charge is 2.10. The van der Waals surface area contributed by atoms with Crippen LogP contribution in [0.1, 0.15) is 21.6 Å². The fourth-order valence-corrected chi connectivity index (χ4v) is 1.12. The third kappa shape index (κ3) is 2.47. The highest BCUT2D eigenvalue weighted by atomic mass is 16.2. The zero-order valence-corrected chi connectivity index (χ0v) is 8.68. The number of pyridine rings is 1. The van der Waals surface area contributed by atoms with Gasteiger partial charge in [0, 0.05) is 5.69 Å². The maximum atomic E-state index is 11.5. The molecule has 0 saturated carbocycles. The quantitative estimate of drug-likeness (QED) is 0.683. The van der Waals surface area contributed by atoms with Gasteiger partial charge in [0.15, 0.2) is 0 Å². The number of rotatable bonds is 2. The van der Waals surface area contributed by atoms with Crippen LogP contribution in [0.4, 0.5) is 0 Å². The molecule has 0 unspecified atom stereocenters. The van der Waals surface area contributed by atoms with Crippen molar-refractivity contribution in [2.45, 2.75) is 13.8 Å². The van der Waals surface area contributed by atoms with Crippen molar-refractivity contribution in [2.75, 3.05) is 6.54 Å². The molecular formula is C11H12N2O2. The van der Waals surface area contributed by atoms with Gasteiger partial charge in [0.25, 0.3) is 11.5 Å². The van der Waals surface area contributed by atoms with Crippen molar-refractivity contribution in [1.82, 2.24) is 10.3 Å². The van der Waals surface area contributed by atoms with Crippen LogP contribution in [0, 0.1) is 26.2 Å². The summed E-state index contributed by atoms with van der Waals surface area (Å²) in [7, 11) is 0. The minimum Gasteiger partial charge on any atom is -0.341 e. The summed E-state index contributed by atoms with van der Waals surface area (Å²) in [6.07, 6.45) is 5.00. The molecule has 15 heavy (non-hydrogen) atoms. The first-order valence-corrected chi connectivity index (χ1v) is 4.48. The Labute approximate surface area is 87.7 Å². The van der Waals surface area contributed by atoms with Gasteiger partial charge in [-0.3, -0.25) is 9.59 Å². The van der Waals surface area contributed by atoms with Crippen molar-refractivity contribution < 1.29 is 4.79 Å². The zero-order valence-electron chi connectivity index (χ0n) is 8.68. The second kappa shape index (κ2) is 4.47. The lowest BCUT2D eigenvalue weighted by atomic mass is 10.1. The average Bonchev–Trinajstić information content (AvgIpc) is 2.20. The molecule has 2 N–H and O–H groups in total. The lowest BCUT2D eigenvalue weighted by Crippen LogP contribution is -2.30. The smallest absolute Gasteiger partial charge is 0.261 e. The van der Waals surface area contributed by atoms with E-state index in [-0.39, 0.29) is 12.1 Å². The first-order valence-electron chi connectivity index (χ1n) is 4.48. The Hall–Kier alpha value is -2.02. The molecule has 4 heteroatoms. The van der Waals surface area contributed by atoms with E-state index in [2.05, 4.69) is 16.2 Å². The normalized spacial score (nSPS) is 9.40. The van der Waals surface area contributed by atoms with E-state index >= 15 is 0 Å². The minimum atomic E-state index is -0.447. The molecule has 4 nitrogen and oxygen atoms in total. The molecule has 0 aromatic carbocycles. The third-order valence-electron chi connectivity index (χ3n) is 2.09. The first kappa shape index (κ1) is 11.1. The van der Waals surface area contributed by atoms with Gasteiger partial charge in [-0.2, -0.15) is 0 Å². The monoisotopic (exact) mass is 204 g/mol. The fraction of sp³-hybridized carbons (Fsp3) is 0.273. The second-order valence-corrected chi connectivity index (χ2v) is 3.21. The summed E-state index contributed by atoms with van der Waals surface area (Å²) >= 11 is 0. The Morgan fingerprint density at radius 3 is 2.87 bits per heavy atom. The van der Waals surface area contributed by atoms with E-state index in [9.17, 15) is 9.59 Å². The SMILES string of the molecule is C#CCNC(=O)c1cc(C)c(C)[nH]c1=O. The molecule has 0 atom stereocenters. The predicted octanol–water partition coefficient (Wildman–Crippen LogP) is 0.355. The van der Waals surface area contributed by atoms with E-state index in [0.29, 0.717) is 0 Å². The summed E-state index contributed by atoms with van der Waals surface area (Å²) in [4.78, 5) is 25.5. The summed E-state index contributed by atoms with van der Waals surface area (Å²) in [6, 6.07) is 1.56. The van der Waals surface area contributed by atoms with Gasteiger partial charge in [-0.15, -0.1) is 6.42 Å². The first-order chi connectivity index (χ1) is 7.06. The largest absolute Gasteiger partial charge is 0.341 e. The van der Waals surface area contributed by atoms with Crippen molar-refractivity contribution in [2.24, 2.45) is 0 Å². The lowest BCUT2D eigenvalue weighted by molar-refractivity contribution is 0.0957. The summed E-state index contributed by atoms with van der Waals surface area (Å²) < 4.78 is 0. The van der Waals surface area contributed by atoms with Crippen LogP contribution in [-0.4, -0.2) is 17.4 Å². The average molecular weight is 204 g/mol. The second-order valence-electron chi connectivity index (χ2n) is 3.21. The van der Waals surface area contributed by atoms with Gasteiger partial charge >= 0.3 is 0 Å². The van der Waals surface area contributed by atoms with Crippen molar-refractivity contribution >= 4 is 5.91 Å². The highest BCUT2D eigenvalue weighted by molar-refractivity contribution is 5.94. The number of aromatic nitrogens is 1. The Bertz CT molecular complexity index is 480. The molecule has 0 radical (unpaired) electrons. The van der Waals surface area contributed by atoms with Crippen LogP contribution < -0.4 is 10.9 Å². The van der Waals surface area contributed by atoms with Crippen molar-refractivity contribution in [3.63, 3.8) is 0 Å². The van der Waals surface area contributed by atoms with Crippen LogP contribution >= 0.6 is 0 Å². The zero-order chi connectivity index (χ0) is 11.4. The highest BCUT2D eigenvalue weighted by Crippen LogP contribution is 2.02. The molecular weight excluding hydrogens is 192 g/mol. The molecule has 0 aliphatic rings. The fourth-order valence-electron chi connectivity index (χ4n) is 1.12. The van der Waals surface area contributed by atoms with Crippen LogP contribution in [0.15, 0.2) is 10.9 Å². The van der Waals surface area contributed by atoms with Crippen molar-refractivity contribution in [3.05, 3.63) is 33.2 Å². The Morgan fingerprint density at radius 2 is 2.27 bits per heavy atom. The molecule has 1 aromatic heterocycles. The van der Waals surface area contributed by atoms with Crippen LogP contribution in [0.3, 0.4) is 0 Å². The summed E-state index contributed by atoms with van der Waals surface area (Å²) in [5.41, 5.74) is 1.31. The van der Waals surface area contributed by atoms with Crippen LogP contribution in [0.2, 0.25) is 0 Å². The molecule has 0 spiro atoms. The van der Waals surface area contributed by atoms with E-state index in [4.69, 9.17) is 6.42 Å². The van der Waals surface area contributed by atoms with Crippen LogP contribution in [0.25, 0.3) is 0 Å². The summed E-state index contributed by atoms with van der Waals surface area (Å²) in [5.74, 6) is 1.82. The summed E-state index contributed by atoms with van der Waals surface area (Å²) in [5, 5.41) is 2.44. The predicted molar refractivity (Wildman–Crippen MR) is 57.7 cm³/mol. The van der Waals surface area contributed by atoms with E-state index < -0.39 is 11.5 Å². The Balaban J connectivity index is 3.06. The molecule has 0 fully saturated rings. The molecule has 1 aromatic rings. The van der Waals surface area contributed by atoms with Gasteiger partial charge < -0.3 is 10.3 Å². The number of hydrogen-bond acceptors (Lipinski definition) is 2. The Kier molecular flexibility index (Phi) is 3.29. The Morgan fingerprint density at radius 1 is 1.60 bits per heavy atom. The summed E-state index contributed by atoms with van der Waals surface area (Å²) in [6.45, 7) is 3.72. The maximum absolute atomic E-state index is 11.5. The molecule has 1 amide bonds. The minimum absolute atomic E-state index is 0.0911. The van der Waals surface area contributed by atoms with Gasteiger partial charge in [0.1, 0.15) is 5.56 Å². The number of amides is 1. The molecule has 0 aliphatic heterocycles. The van der Waals surface area contributed by atoms with E-state index in [1.165, 1.54) is 0 Å². The number of aryl methyl sites for hydroxylation is 2. The van der Waals surface area contributed by atoms with Crippen LogP contribution in [0.5, 0.6) is 0 Å². The topological polar surface area (TPSA) is 62.0 Å². The van der Waals surface area contributed by atoms with Gasteiger partial charge in [-0.1, -0.05) is 5.92 Å². The molecule has 78 valence electrons. The van der Waals surface area contributed by atoms with Crippen molar-refractivity contribution in [1.29, 1.82) is 0 Å². The lowest BCUT2D eigenvalue weighted by Gasteiger charge is -2.04. The molecule has 0 saturated heterocycles. The van der Waals surface area contributed by atoms with E-state index in [0.717, 1.165) is 11.3 Å². The van der Waals surface area contributed by atoms with Gasteiger partial charge in [-0.05, 0) is 25.5 Å². The van der Waals surface area contributed by atoms with E-state index in [1.807, 2.05) is 6.92 Å². The maximum Gasteiger partial charge on any atom is 0.261 e. The molecule has 1 rings (SSSR count). The van der Waals surface area contributed by atoms with E-state index in [1.54, 1.807) is 13.0 Å².